The summed E-state index contributed by atoms with van der Waals surface area (Å²) in [6.07, 6.45) is 2.22. The molecule has 144 valence electrons. The fourth-order valence-corrected chi connectivity index (χ4v) is 4.22. The van der Waals surface area contributed by atoms with Crippen LogP contribution in [0.1, 0.15) is 22.5 Å². The van der Waals surface area contributed by atoms with E-state index in [1.165, 1.54) is 17.5 Å². The Morgan fingerprint density at radius 2 is 1.96 bits per heavy atom. The van der Waals surface area contributed by atoms with E-state index in [9.17, 15) is 9.18 Å². The number of halogens is 2. The van der Waals surface area contributed by atoms with Crippen molar-refractivity contribution in [1.29, 1.82) is 0 Å². The summed E-state index contributed by atoms with van der Waals surface area (Å²) in [5.74, 6) is -0.709. The molecule has 3 aromatic rings. The van der Waals surface area contributed by atoms with Crippen molar-refractivity contribution in [3.8, 4) is 11.3 Å². The largest absolute Gasteiger partial charge is 0.381 e. The molecule has 0 saturated heterocycles. The van der Waals surface area contributed by atoms with Crippen molar-refractivity contribution in [1.82, 2.24) is 4.57 Å². The van der Waals surface area contributed by atoms with Gasteiger partial charge in [0.05, 0.1) is 15.2 Å². The number of ether oxygens (including phenoxy) is 1. The van der Waals surface area contributed by atoms with E-state index in [0.29, 0.717) is 20.9 Å². The minimum atomic E-state index is -0.391. The molecule has 0 bridgehead atoms. The first-order chi connectivity index (χ1) is 13.6. The molecule has 1 aliphatic heterocycles. The number of nitrogens with zero attached hydrogens (tertiary/aromatic N) is 1. The lowest BCUT2D eigenvalue weighted by Crippen LogP contribution is -2.24. The van der Waals surface area contributed by atoms with Crippen molar-refractivity contribution in [3.63, 3.8) is 0 Å². The lowest BCUT2D eigenvalue weighted by atomic mass is 10.1. The number of amides is 1. The number of carbonyl (C=O) groups excluding carboxylic acids is 1. The highest BCUT2D eigenvalue weighted by atomic mass is 127. The van der Waals surface area contributed by atoms with Gasteiger partial charge in [-0.1, -0.05) is 18.2 Å². The molecule has 0 radical (unpaired) electrons. The minimum Gasteiger partial charge on any atom is -0.381 e. The smallest absolute Gasteiger partial charge is 0.256 e. The molecule has 0 fully saturated rings. The van der Waals surface area contributed by atoms with Crippen LogP contribution in [0.3, 0.4) is 0 Å². The van der Waals surface area contributed by atoms with Gasteiger partial charge in [-0.2, -0.15) is 0 Å². The Bertz CT molecular complexity index is 1010. The van der Waals surface area contributed by atoms with Crippen LogP contribution in [0.25, 0.3) is 11.3 Å². The Kier molecular flexibility index (Phi) is 5.50. The molecular formula is C22H20FIN2O2. The summed E-state index contributed by atoms with van der Waals surface area (Å²) in [7, 11) is 1.77. The van der Waals surface area contributed by atoms with Crippen molar-refractivity contribution < 1.29 is 13.9 Å². The van der Waals surface area contributed by atoms with E-state index in [2.05, 4.69) is 22.0 Å². The highest BCUT2D eigenvalue weighted by Gasteiger charge is 2.20. The number of benzene rings is 2. The van der Waals surface area contributed by atoms with E-state index >= 15 is 0 Å². The van der Waals surface area contributed by atoms with Gasteiger partial charge in [0.25, 0.3) is 5.91 Å². The van der Waals surface area contributed by atoms with E-state index < -0.39 is 5.82 Å². The number of methoxy groups -OCH3 is 1. The zero-order valence-electron chi connectivity index (χ0n) is 15.4. The molecule has 0 aliphatic carbocycles. The molecule has 1 aromatic heterocycles. The topological polar surface area (TPSA) is 43.3 Å². The Morgan fingerprint density at radius 1 is 1.18 bits per heavy atom. The molecule has 0 spiro atoms. The summed E-state index contributed by atoms with van der Waals surface area (Å²) in [5.41, 5.74) is 4.56. The van der Waals surface area contributed by atoms with Crippen LogP contribution in [-0.2, 0) is 17.7 Å². The monoisotopic (exact) mass is 490 g/mol. The first kappa shape index (κ1) is 19.1. The predicted octanol–water partition coefficient (Wildman–Crippen LogP) is 5.11. The molecule has 28 heavy (non-hydrogen) atoms. The normalized spacial score (nSPS) is 15.9. The van der Waals surface area contributed by atoms with Crippen LogP contribution >= 0.6 is 22.6 Å². The summed E-state index contributed by atoms with van der Waals surface area (Å²) in [6, 6.07) is 16.5. The summed E-state index contributed by atoms with van der Waals surface area (Å²) in [6.45, 7) is 0.937. The predicted molar refractivity (Wildman–Crippen MR) is 116 cm³/mol. The fraction of sp³-hybridized carbons (Fsp3) is 0.227. The third-order valence-corrected chi connectivity index (χ3v) is 6.25. The van der Waals surface area contributed by atoms with E-state index in [4.69, 9.17) is 4.74 Å². The summed E-state index contributed by atoms with van der Waals surface area (Å²) in [4.78, 5) is 12.5. The van der Waals surface area contributed by atoms with Gasteiger partial charge < -0.3 is 14.6 Å². The van der Waals surface area contributed by atoms with Crippen molar-refractivity contribution in [2.45, 2.75) is 25.5 Å². The molecule has 2 aromatic carbocycles. The maximum absolute atomic E-state index is 13.7. The van der Waals surface area contributed by atoms with E-state index in [1.54, 1.807) is 19.2 Å². The van der Waals surface area contributed by atoms with Gasteiger partial charge in [0.2, 0.25) is 0 Å². The van der Waals surface area contributed by atoms with Gasteiger partial charge in [0, 0.05) is 37.2 Å². The molecular weight excluding hydrogens is 470 g/mol. The molecule has 2 heterocycles. The van der Waals surface area contributed by atoms with Crippen molar-refractivity contribution in [3.05, 3.63) is 75.2 Å². The second-order valence-corrected chi connectivity index (χ2v) is 7.92. The fourth-order valence-electron chi connectivity index (χ4n) is 3.62. The molecule has 1 amide bonds. The first-order valence-corrected chi connectivity index (χ1v) is 10.2. The number of fused-ring (bicyclic) bond motifs is 1. The van der Waals surface area contributed by atoms with Crippen LogP contribution in [0.4, 0.5) is 10.1 Å². The number of carbonyl (C=O) groups is 1. The maximum atomic E-state index is 13.7. The lowest BCUT2D eigenvalue weighted by molar-refractivity contribution is 0.0812. The van der Waals surface area contributed by atoms with Gasteiger partial charge in [-0.05, 0) is 71.0 Å². The van der Waals surface area contributed by atoms with Gasteiger partial charge in [-0.15, -0.1) is 0 Å². The summed E-state index contributed by atoms with van der Waals surface area (Å²) in [5, 5.41) is 2.84. The zero-order chi connectivity index (χ0) is 19.7. The molecule has 1 unspecified atom stereocenters. The Hall–Kier alpha value is -2.19. The van der Waals surface area contributed by atoms with Crippen molar-refractivity contribution >= 4 is 34.2 Å². The molecule has 1 aliphatic rings. The van der Waals surface area contributed by atoms with E-state index in [1.807, 2.05) is 46.9 Å². The Morgan fingerprint density at radius 3 is 2.71 bits per heavy atom. The average molecular weight is 490 g/mol. The van der Waals surface area contributed by atoms with Gasteiger partial charge in [-0.3, -0.25) is 4.79 Å². The van der Waals surface area contributed by atoms with Crippen LogP contribution in [0.2, 0.25) is 0 Å². The number of hydrogen-bond donors (Lipinski definition) is 1. The SMILES string of the molecule is COC1CCn2c(ccc2-c2ccc(NC(=O)c3cccc(F)c3I)cc2)C1. The third-order valence-electron chi connectivity index (χ3n) is 5.15. The van der Waals surface area contributed by atoms with Crippen LogP contribution in [0.15, 0.2) is 54.6 Å². The molecule has 4 nitrogen and oxygen atoms in total. The first-order valence-electron chi connectivity index (χ1n) is 9.14. The minimum absolute atomic E-state index is 0.290. The van der Waals surface area contributed by atoms with Crippen LogP contribution in [0.5, 0.6) is 0 Å². The molecule has 1 N–H and O–H groups in total. The van der Waals surface area contributed by atoms with Crippen LogP contribution in [-0.4, -0.2) is 23.7 Å². The van der Waals surface area contributed by atoms with Crippen LogP contribution < -0.4 is 5.32 Å². The van der Waals surface area contributed by atoms with Crippen LogP contribution in [0, 0.1) is 9.39 Å². The number of hydrogen-bond acceptors (Lipinski definition) is 2. The highest BCUT2D eigenvalue weighted by Crippen LogP contribution is 2.29. The maximum Gasteiger partial charge on any atom is 0.256 e. The van der Waals surface area contributed by atoms with Crippen molar-refractivity contribution in [2.75, 3.05) is 12.4 Å². The van der Waals surface area contributed by atoms with E-state index in [0.717, 1.165) is 24.9 Å². The molecule has 6 heteroatoms. The zero-order valence-corrected chi connectivity index (χ0v) is 17.6. The van der Waals surface area contributed by atoms with Gasteiger partial charge in [-0.25, -0.2) is 4.39 Å². The number of nitrogens with one attached hydrogen (secondary N) is 1. The number of rotatable bonds is 4. The Balaban J connectivity index is 1.51. The quantitative estimate of drug-likeness (QED) is 0.517. The third kappa shape index (κ3) is 3.71. The Labute approximate surface area is 176 Å². The molecule has 1 atom stereocenters. The molecule has 4 rings (SSSR count). The number of anilines is 1. The van der Waals surface area contributed by atoms with Gasteiger partial charge in [0.1, 0.15) is 5.82 Å². The second-order valence-electron chi connectivity index (χ2n) is 6.84. The summed E-state index contributed by atoms with van der Waals surface area (Å²) < 4.78 is 21.8. The average Bonchev–Trinajstić information content (AvgIpc) is 3.13. The summed E-state index contributed by atoms with van der Waals surface area (Å²) >= 11 is 1.85. The highest BCUT2D eigenvalue weighted by molar-refractivity contribution is 14.1. The van der Waals surface area contributed by atoms with Crippen molar-refractivity contribution in [2.24, 2.45) is 0 Å². The lowest BCUT2D eigenvalue weighted by Gasteiger charge is -2.24. The second kappa shape index (κ2) is 8.05. The molecule has 0 saturated carbocycles. The van der Waals surface area contributed by atoms with Gasteiger partial charge >= 0.3 is 0 Å². The van der Waals surface area contributed by atoms with Gasteiger partial charge in [0.15, 0.2) is 0 Å². The van der Waals surface area contributed by atoms with E-state index in [-0.39, 0.29) is 5.91 Å². The standard InChI is InChI=1S/C22H20FIN2O2/c1-28-17-11-12-26-16(13-17)9-10-20(26)14-5-7-15(8-6-14)25-22(27)18-3-2-4-19(23)21(18)24/h2-10,17H,11-13H2,1H3,(H,25,27). The number of aromatic nitrogens is 1.